The van der Waals surface area contributed by atoms with Crippen LogP contribution in [0.2, 0.25) is 0 Å². The molecule has 1 unspecified atom stereocenters. The quantitative estimate of drug-likeness (QED) is 0.818. The van der Waals surface area contributed by atoms with E-state index in [1.807, 2.05) is 17.5 Å². The summed E-state index contributed by atoms with van der Waals surface area (Å²) in [5, 5.41) is 5.88. The van der Waals surface area contributed by atoms with Gasteiger partial charge in [-0.15, -0.1) is 11.3 Å². The van der Waals surface area contributed by atoms with Gasteiger partial charge in [0.25, 0.3) is 0 Å². The fraction of sp³-hybridized carbons (Fsp3) is 0.333. The SMILES string of the molecule is Nc1nc(NC2CCS(=O)(=O)C2)cc(Sc2cccs2)n1. The Morgan fingerprint density at radius 3 is 2.95 bits per heavy atom. The van der Waals surface area contributed by atoms with Gasteiger partial charge in [-0.05, 0) is 17.9 Å². The lowest BCUT2D eigenvalue weighted by molar-refractivity contribution is 0.602. The molecule has 0 aliphatic carbocycles. The topological polar surface area (TPSA) is 98.0 Å². The van der Waals surface area contributed by atoms with Gasteiger partial charge in [-0.25, -0.2) is 13.4 Å². The highest BCUT2D eigenvalue weighted by Gasteiger charge is 2.28. The molecule has 0 spiro atoms. The van der Waals surface area contributed by atoms with E-state index in [2.05, 4.69) is 15.3 Å². The van der Waals surface area contributed by atoms with Gasteiger partial charge in [0.2, 0.25) is 5.95 Å². The minimum atomic E-state index is -2.92. The Morgan fingerprint density at radius 2 is 2.29 bits per heavy atom. The molecular weight excluding hydrogens is 328 g/mol. The van der Waals surface area contributed by atoms with Crippen LogP contribution in [0.4, 0.5) is 11.8 Å². The van der Waals surface area contributed by atoms with Crippen molar-refractivity contribution < 1.29 is 8.42 Å². The molecule has 3 rings (SSSR count). The zero-order valence-electron chi connectivity index (χ0n) is 11.0. The first kappa shape index (κ1) is 14.6. The fourth-order valence-corrected chi connectivity index (χ4v) is 5.51. The number of rotatable bonds is 4. The Kier molecular flexibility index (Phi) is 4.05. The van der Waals surface area contributed by atoms with Gasteiger partial charge in [-0.1, -0.05) is 17.8 Å². The first-order valence-electron chi connectivity index (χ1n) is 6.33. The summed E-state index contributed by atoms with van der Waals surface area (Å²) in [4.78, 5) is 8.32. The maximum atomic E-state index is 11.5. The highest BCUT2D eigenvalue weighted by molar-refractivity contribution is 8.01. The van der Waals surface area contributed by atoms with E-state index in [-0.39, 0.29) is 23.5 Å². The van der Waals surface area contributed by atoms with Gasteiger partial charge in [-0.3, -0.25) is 0 Å². The summed E-state index contributed by atoms with van der Waals surface area (Å²) in [6.07, 6.45) is 0.597. The number of thiophene rings is 1. The van der Waals surface area contributed by atoms with Crippen molar-refractivity contribution in [2.24, 2.45) is 0 Å². The maximum Gasteiger partial charge on any atom is 0.223 e. The van der Waals surface area contributed by atoms with Crippen LogP contribution >= 0.6 is 23.1 Å². The predicted molar refractivity (Wildman–Crippen MR) is 85.6 cm³/mol. The third-order valence-electron chi connectivity index (χ3n) is 3.00. The number of nitrogens with two attached hydrogens (primary N) is 1. The van der Waals surface area contributed by atoms with E-state index in [9.17, 15) is 8.42 Å². The lowest BCUT2D eigenvalue weighted by atomic mass is 10.2. The summed E-state index contributed by atoms with van der Waals surface area (Å²) in [5.41, 5.74) is 5.73. The molecule has 0 aromatic carbocycles. The molecule has 1 aliphatic rings. The number of nitrogen functional groups attached to an aromatic ring is 1. The van der Waals surface area contributed by atoms with Crippen molar-refractivity contribution in [2.75, 3.05) is 22.6 Å². The van der Waals surface area contributed by atoms with E-state index >= 15 is 0 Å². The summed E-state index contributed by atoms with van der Waals surface area (Å²) in [6.45, 7) is 0. The number of sulfone groups is 1. The Bertz CT molecular complexity index is 731. The summed E-state index contributed by atoms with van der Waals surface area (Å²) in [7, 11) is -2.92. The normalized spacial score (nSPS) is 20.5. The molecule has 112 valence electrons. The van der Waals surface area contributed by atoms with Crippen molar-refractivity contribution in [2.45, 2.75) is 21.7 Å². The molecule has 3 heterocycles. The Morgan fingerprint density at radius 1 is 1.43 bits per heavy atom. The molecule has 1 saturated heterocycles. The van der Waals surface area contributed by atoms with Crippen molar-refractivity contribution in [3.63, 3.8) is 0 Å². The zero-order valence-corrected chi connectivity index (χ0v) is 13.5. The number of hydrogen-bond donors (Lipinski definition) is 2. The van der Waals surface area contributed by atoms with Crippen LogP contribution in [-0.2, 0) is 9.84 Å². The van der Waals surface area contributed by atoms with Crippen LogP contribution < -0.4 is 11.1 Å². The molecule has 0 amide bonds. The highest BCUT2D eigenvalue weighted by atomic mass is 32.2. The van der Waals surface area contributed by atoms with E-state index in [0.29, 0.717) is 12.2 Å². The molecule has 2 aromatic rings. The first-order chi connectivity index (χ1) is 10.00. The van der Waals surface area contributed by atoms with Gasteiger partial charge in [0.15, 0.2) is 9.84 Å². The van der Waals surface area contributed by atoms with Crippen molar-refractivity contribution in [1.29, 1.82) is 0 Å². The summed E-state index contributed by atoms with van der Waals surface area (Å²) < 4.78 is 24.1. The molecule has 0 radical (unpaired) electrons. The molecule has 6 nitrogen and oxygen atoms in total. The van der Waals surface area contributed by atoms with Crippen molar-refractivity contribution >= 4 is 44.7 Å². The number of nitrogens with zero attached hydrogens (tertiary/aromatic N) is 2. The summed E-state index contributed by atoms with van der Waals surface area (Å²) in [5.74, 6) is 1.12. The van der Waals surface area contributed by atoms with Crippen LogP contribution in [0.3, 0.4) is 0 Å². The van der Waals surface area contributed by atoms with E-state index < -0.39 is 9.84 Å². The molecule has 9 heteroatoms. The monoisotopic (exact) mass is 342 g/mol. The van der Waals surface area contributed by atoms with Gasteiger partial charge < -0.3 is 11.1 Å². The van der Waals surface area contributed by atoms with E-state index in [0.717, 1.165) is 9.24 Å². The van der Waals surface area contributed by atoms with E-state index in [4.69, 9.17) is 5.73 Å². The van der Waals surface area contributed by atoms with Crippen LogP contribution in [-0.4, -0.2) is 35.9 Å². The Hall–Kier alpha value is -1.32. The molecule has 0 bridgehead atoms. The number of aromatic nitrogens is 2. The molecule has 1 aliphatic heterocycles. The molecule has 1 atom stereocenters. The second-order valence-electron chi connectivity index (χ2n) is 4.73. The molecule has 3 N–H and O–H groups in total. The van der Waals surface area contributed by atoms with Gasteiger partial charge >= 0.3 is 0 Å². The average molecular weight is 342 g/mol. The lowest BCUT2D eigenvalue weighted by Crippen LogP contribution is -2.21. The standard InChI is InChI=1S/C12H14N4O2S3/c13-12-15-9(14-8-3-5-21(17,18)7-8)6-10(16-12)20-11-2-1-4-19-11/h1-2,4,6,8H,3,5,7H2,(H3,13,14,15,16). The van der Waals surface area contributed by atoms with Gasteiger partial charge in [0.1, 0.15) is 10.8 Å². The van der Waals surface area contributed by atoms with Crippen LogP contribution in [0, 0.1) is 0 Å². The zero-order chi connectivity index (χ0) is 14.9. The highest BCUT2D eigenvalue weighted by Crippen LogP contribution is 2.31. The largest absolute Gasteiger partial charge is 0.368 e. The average Bonchev–Trinajstić information content (AvgIpc) is 2.98. The van der Waals surface area contributed by atoms with Crippen LogP contribution in [0.5, 0.6) is 0 Å². The van der Waals surface area contributed by atoms with Crippen molar-refractivity contribution in [3.8, 4) is 0 Å². The second kappa shape index (κ2) is 5.82. The van der Waals surface area contributed by atoms with Crippen LogP contribution in [0.1, 0.15) is 6.42 Å². The van der Waals surface area contributed by atoms with Crippen LogP contribution in [0.25, 0.3) is 0 Å². The van der Waals surface area contributed by atoms with Gasteiger partial charge in [0, 0.05) is 12.1 Å². The summed E-state index contributed by atoms with van der Waals surface area (Å²) >= 11 is 3.13. The van der Waals surface area contributed by atoms with Crippen molar-refractivity contribution in [3.05, 3.63) is 23.6 Å². The second-order valence-corrected chi connectivity index (χ2v) is 9.23. The third kappa shape index (κ3) is 3.86. The van der Waals surface area contributed by atoms with Crippen LogP contribution in [0.15, 0.2) is 32.8 Å². The summed E-state index contributed by atoms with van der Waals surface area (Å²) in [6, 6.07) is 5.67. The fourth-order valence-electron chi connectivity index (χ4n) is 2.11. The van der Waals surface area contributed by atoms with Crippen molar-refractivity contribution in [1.82, 2.24) is 9.97 Å². The molecule has 21 heavy (non-hydrogen) atoms. The number of hydrogen-bond acceptors (Lipinski definition) is 8. The predicted octanol–water partition coefficient (Wildman–Crippen LogP) is 1.87. The van der Waals surface area contributed by atoms with Gasteiger partial charge in [-0.2, -0.15) is 4.98 Å². The molecule has 1 fully saturated rings. The molecular formula is C12H14N4O2S3. The minimum Gasteiger partial charge on any atom is -0.368 e. The van der Waals surface area contributed by atoms with Gasteiger partial charge in [0.05, 0.1) is 15.7 Å². The minimum absolute atomic E-state index is 0.108. The molecule has 0 saturated carbocycles. The van der Waals surface area contributed by atoms with E-state index in [1.54, 1.807) is 17.4 Å². The molecule has 2 aromatic heterocycles. The number of anilines is 2. The first-order valence-corrected chi connectivity index (χ1v) is 9.85. The lowest BCUT2D eigenvalue weighted by Gasteiger charge is -2.12. The van der Waals surface area contributed by atoms with E-state index in [1.165, 1.54) is 11.8 Å². The maximum absolute atomic E-state index is 11.5. The third-order valence-corrected chi connectivity index (χ3v) is 6.73. The number of nitrogens with one attached hydrogen (secondary N) is 1. The Labute approximate surface area is 131 Å². The smallest absolute Gasteiger partial charge is 0.223 e. The Balaban J connectivity index is 1.75.